The molecule has 4 aromatic rings. The largest absolute Gasteiger partial charge is 0.422 e. The van der Waals surface area contributed by atoms with Crippen molar-refractivity contribution in [3.63, 3.8) is 0 Å². The van der Waals surface area contributed by atoms with Crippen molar-refractivity contribution < 1.29 is 9.21 Å². The minimum atomic E-state index is -0.424. The number of halogens is 1. The third-order valence-corrected chi connectivity index (χ3v) is 5.27. The van der Waals surface area contributed by atoms with Gasteiger partial charge in [-0.1, -0.05) is 15.9 Å². The summed E-state index contributed by atoms with van der Waals surface area (Å²) in [5, 5.41) is 6.46. The molecule has 0 amide bonds. The predicted octanol–water partition coefficient (Wildman–Crippen LogP) is 5.63. The van der Waals surface area contributed by atoms with Gasteiger partial charge in [-0.3, -0.25) is 4.79 Å². The van der Waals surface area contributed by atoms with E-state index in [0.717, 1.165) is 15.5 Å². The fourth-order valence-corrected chi connectivity index (χ4v) is 3.75. The number of fused-ring (bicyclic) bond motifs is 1. The van der Waals surface area contributed by atoms with E-state index in [2.05, 4.69) is 26.2 Å². The lowest BCUT2D eigenvalue weighted by Gasteiger charge is -2.03. The lowest BCUT2D eigenvalue weighted by atomic mass is 10.1. The molecule has 0 aliphatic carbocycles. The van der Waals surface area contributed by atoms with E-state index < -0.39 is 5.63 Å². The minimum absolute atomic E-state index is 0.0211. The van der Waals surface area contributed by atoms with Gasteiger partial charge in [-0.15, -0.1) is 11.3 Å². The van der Waals surface area contributed by atoms with Gasteiger partial charge in [0, 0.05) is 26.5 Å². The first-order valence-corrected chi connectivity index (χ1v) is 9.74. The Labute approximate surface area is 166 Å². The number of aromatic nitrogens is 1. The number of benzene rings is 2. The van der Waals surface area contributed by atoms with Gasteiger partial charge in [0.1, 0.15) is 5.58 Å². The molecule has 0 spiro atoms. The van der Waals surface area contributed by atoms with Crippen LogP contribution in [0.1, 0.15) is 17.3 Å². The number of anilines is 2. The van der Waals surface area contributed by atoms with Crippen LogP contribution in [0.3, 0.4) is 0 Å². The molecule has 134 valence electrons. The van der Waals surface area contributed by atoms with Crippen LogP contribution in [-0.2, 0) is 0 Å². The van der Waals surface area contributed by atoms with E-state index in [1.54, 1.807) is 24.3 Å². The topological polar surface area (TPSA) is 72.2 Å². The van der Waals surface area contributed by atoms with Crippen LogP contribution < -0.4 is 10.9 Å². The normalized spacial score (nSPS) is 10.9. The second-order valence-electron chi connectivity index (χ2n) is 5.93. The van der Waals surface area contributed by atoms with Crippen LogP contribution in [0.4, 0.5) is 10.8 Å². The summed E-state index contributed by atoms with van der Waals surface area (Å²) in [5.41, 5.74) is 2.55. The van der Waals surface area contributed by atoms with Crippen molar-refractivity contribution in [2.24, 2.45) is 0 Å². The minimum Gasteiger partial charge on any atom is -0.422 e. The molecule has 2 aromatic carbocycles. The van der Waals surface area contributed by atoms with Crippen molar-refractivity contribution in [3.8, 4) is 11.3 Å². The van der Waals surface area contributed by atoms with Gasteiger partial charge in [0.15, 0.2) is 10.9 Å². The number of carbonyl (C=O) groups excluding carboxylic acids is 1. The van der Waals surface area contributed by atoms with Gasteiger partial charge < -0.3 is 9.73 Å². The average Bonchev–Trinajstić information content (AvgIpc) is 3.10. The molecule has 1 N–H and O–H groups in total. The van der Waals surface area contributed by atoms with Crippen LogP contribution in [0.15, 0.2) is 67.6 Å². The highest BCUT2D eigenvalue weighted by molar-refractivity contribution is 9.10. The number of nitrogens with zero attached hydrogens (tertiary/aromatic N) is 1. The van der Waals surface area contributed by atoms with Gasteiger partial charge >= 0.3 is 5.63 Å². The van der Waals surface area contributed by atoms with Gasteiger partial charge in [-0.05, 0) is 55.5 Å². The number of Topliss-reactive ketones (excluding diaryl/α,β-unsaturated/α-hetero) is 1. The van der Waals surface area contributed by atoms with Crippen molar-refractivity contribution in [1.29, 1.82) is 0 Å². The number of thiazole rings is 1. The molecule has 0 saturated heterocycles. The number of ketones is 1. The Kier molecular flexibility index (Phi) is 4.63. The molecule has 7 heteroatoms. The SMILES string of the molecule is CC(=O)c1ccc(Nc2nc(-c3cc4cc(Br)ccc4oc3=O)cs2)cc1. The number of nitrogens with one attached hydrogen (secondary N) is 1. The highest BCUT2D eigenvalue weighted by Gasteiger charge is 2.12. The smallest absolute Gasteiger partial charge is 0.345 e. The van der Waals surface area contributed by atoms with Crippen molar-refractivity contribution in [2.45, 2.75) is 6.92 Å². The maximum absolute atomic E-state index is 12.3. The zero-order chi connectivity index (χ0) is 19.0. The molecular formula is C20H13BrN2O3S. The van der Waals surface area contributed by atoms with E-state index in [0.29, 0.717) is 27.5 Å². The van der Waals surface area contributed by atoms with Gasteiger partial charge in [0.05, 0.1) is 11.3 Å². The van der Waals surface area contributed by atoms with Crippen LogP contribution in [0.5, 0.6) is 0 Å². The van der Waals surface area contributed by atoms with Gasteiger partial charge in [0.25, 0.3) is 0 Å². The van der Waals surface area contributed by atoms with Crippen LogP contribution in [-0.4, -0.2) is 10.8 Å². The number of carbonyl (C=O) groups is 1. The fourth-order valence-electron chi connectivity index (χ4n) is 2.64. The molecule has 0 radical (unpaired) electrons. The van der Waals surface area contributed by atoms with E-state index in [4.69, 9.17) is 4.42 Å². The molecule has 0 aliphatic heterocycles. The molecule has 0 atom stereocenters. The maximum atomic E-state index is 12.3. The van der Waals surface area contributed by atoms with Crippen LogP contribution in [0.2, 0.25) is 0 Å². The van der Waals surface area contributed by atoms with Gasteiger partial charge in [-0.25, -0.2) is 9.78 Å². The maximum Gasteiger partial charge on any atom is 0.345 e. The summed E-state index contributed by atoms with van der Waals surface area (Å²) in [7, 11) is 0. The monoisotopic (exact) mass is 440 g/mol. The summed E-state index contributed by atoms with van der Waals surface area (Å²) >= 11 is 4.81. The standard InChI is InChI=1S/C20H13BrN2O3S/c1-11(24)12-2-5-15(6-3-12)22-20-23-17(10-27-20)16-9-13-8-14(21)4-7-18(13)26-19(16)25/h2-10H,1H3,(H,22,23). The van der Waals surface area contributed by atoms with Crippen molar-refractivity contribution in [2.75, 3.05) is 5.32 Å². The van der Waals surface area contributed by atoms with Crippen molar-refractivity contribution in [3.05, 3.63) is 74.4 Å². The first kappa shape index (κ1) is 17.6. The molecule has 27 heavy (non-hydrogen) atoms. The lowest BCUT2D eigenvalue weighted by Crippen LogP contribution is -2.03. The van der Waals surface area contributed by atoms with E-state index >= 15 is 0 Å². The number of hydrogen-bond donors (Lipinski definition) is 1. The van der Waals surface area contributed by atoms with Gasteiger partial charge in [-0.2, -0.15) is 0 Å². The van der Waals surface area contributed by atoms with Crippen molar-refractivity contribution >= 4 is 54.8 Å². The van der Waals surface area contributed by atoms with Gasteiger partial charge in [0.2, 0.25) is 0 Å². The molecular weight excluding hydrogens is 428 g/mol. The first-order chi connectivity index (χ1) is 13.0. The van der Waals surface area contributed by atoms with Crippen molar-refractivity contribution in [1.82, 2.24) is 4.98 Å². The summed E-state index contributed by atoms with van der Waals surface area (Å²) < 4.78 is 6.31. The Morgan fingerprint density at radius 2 is 1.93 bits per heavy atom. The summed E-state index contributed by atoms with van der Waals surface area (Å²) in [4.78, 5) is 28.2. The Morgan fingerprint density at radius 1 is 1.15 bits per heavy atom. The molecule has 0 bridgehead atoms. The Balaban J connectivity index is 1.64. The summed E-state index contributed by atoms with van der Waals surface area (Å²) in [6.45, 7) is 1.53. The summed E-state index contributed by atoms with van der Waals surface area (Å²) in [6, 6.07) is 14.4. The third-order valence-electron chi connectivity index (χ3n) is 4.02. The Bertz CT molecular complexity index is 1210. The Hall–Kier alpha value is -2.77. The van der Waals surface area contributed by atoms with E-state index in [9.17, 15) is 9.59 Å². The zero-order valence-corrected chi connectivity index (χ0v) is 16.6. The molecule has 0 fully saturated rings. The first-order valence-electron chi connectivity index (χ1n) is 8.07. The van der Waals surface area contributed by atoms with Crippen LogP contribution in [0, 0.1) is 0 Å². The second-order valence-corrected chi connectivity index (χ2v) is 7.70. The molecule has 0 saturated carbocycles. The molecule has 5 nitrogen and oxygen atoms in total. The fraction of sp³-hybridized carbons (Fsp3) is 0.0500. The lowest BCUT2D eigenvalue weighted by molar-refractivity contribution is 0.101. The average molecular weight is 441 g/mol. The summed E-state index contributed by atoms with van der Waals surface area (Å²) in [5.74, 6) is 0.0211. The molecule has 0 aliphatic rings. The molecule has 4 rings (SSSR count). The second kappa shape index (κ2) is 7.09. The highest BCUT2D eigenvalue weighted by Crippen LogP contribution is 2.28. The van der Waals surface area contributed by atoms with E-state index in [1.165, 1.54) is 18.3 Å². The third kappa shape index (κ3) is 3.70. The van der Waals surface area contributed by atoms with E-state index in [-0.39, 0.29) is 5.78 Å². The quantitative estimate of drug-likeness (QED) is 0.329. The number of hydrogen-bond acceptors (Lipinski definition) is 6. The molecule has 0 unspecified atom stereocenters. The van der Waals surface area contributed by atoms with E-state index in [1.807, 2.05) is 29.6 Å². The zero-order valence-electron chi connectivity index (χ0n) is 14.2. The predicted molar refractivity (Wildman–Crippen MR) is 111 cm³/mol. The van der Waals surface area contributed by atoms with Crippen LogP contribution in [0.25, 0.3) is 22.2 Å². The van der Waals surface area contributed by atoms with Crippen LogP contribution >= 0.6 is 27.3 Å². The number of rotatable bonds is 4. The molecule has 2 aromatic heterocycles. The highest BCUT2D eigenvalue weighted by atomic mass is 79.9. The Morgan fingerprint density at radius 3 is 2.67 bits per heavy atom. The summed E-state index contributed by atoms with van der Waals surface area (Å²) in [6.07, 6.45) is 0. The molecule has 2 heterocycles.